The zero-order valence-corrected chi connectivity index (χ0v) is 8.39. The van der Waals surface area contributed by atoms with Crippen LogP contribution in [-0.2, 0) is 6.42 Å². The number of benzene rings is 1. The first-order chi connectivity index (χ1) is 7.25. The normalized spacial score (nSPS) is 15.2. The topological polar surface area (TPSA) is 58.7 Å². The Kier molecular flexibility index (Phi) is 2.67. The first-order valence-corrected chi connectivity index (χ1v) is 4.93. The molecule has 0 unspecified atom stereocenters. The summed E-state index contributed by atoms with van der Waals surface area (Å²) >= 11 is 0. The second-order valence-corrected chi connectivity index (χ2v) is 3.54. The minimum Gasteiger partial charge on any atom is -0.350 e. The molecule has 0 atom stereocenters. The lowest BCUT2D eigenvalue weighted by Crippen LogP contribution is -2.29. The molecule has 0 fully saturated rings. The number of nitrogens with two attached hydrogens (primary N) is 1. The Labute approximate surface area is 88.4 Å². The molecule has 4 nitrogen and oxygen atoms in total. The number of primary amides is 1. The molecule has 1 aliphatic rings. The van der Waals surface area contributed by atoms with Crippen molar-refractivity contribution in [1.29, 1.82) is 0 Å². The van der Waals surface area contributed by atoms with Gasteiger partial charge in [-0.15, -0.1) is 0 Å². The van der Waals surface area contributed by atoms with Gasteiger partial charge in [0.25, 0.3) is 0 Å². The number of hydrogen-bond donors (Lipinski definition) is 1. The summed E-state index contributed by atoms with van der Waals surface area (Å²) in [5.41, 5.74) is 7.36. The molecule has 0 radical (unpaired) electrons. The quantitative estimate of drug-likeness (QED) is 0.775. The van der Waals surface area contributed by atoms with Gasteiger partial charge in [-0.2, -0.15) is 5.10 Å². The average molecular weight is 203 g/mol. The fraction of sp³-hybridized carbons (Fsp3) is 0.273. The highest BCUT2D eigenvalue weighted by atomic mass is 16.2. The van der Waals surface area contributed by atoms with Crippen molar-refractivity contribution in [2.45, 2.75) is 12.8 Å². The molecule has 0 spiro atoms. The number of urea groups is 1. The highest BCUT2D eigenvalue weighted by Crippen LogP contribution is 2.10. The van der Waals surface area contributed by atoms with Crippen LogP contribution in [0.4, 0.5) is 4.79 Å². The van der Waals surface area contributed by atoms with E-state index in [1.807, 2.05) is 18.2 Å². The predicted molar refractivity (Wildman–Crippen MR) is 58.5 cm³/mol. The zero-order valence-electron chi connectivity index (χ0n) is 8.39. The molecule has 2 amide bonds. The molecule has 2 N–H and O–H groups in total. The van der Waals surface area contributed by atoms with E-state index < -0.39 is 6.03 Å². The van der Waals surface area contributed by atoms with Gasteiger partial charge in [0, 0.05) is 18.6 Å². The van der Waals surface area contributed by atoms with E-state index >= 15 is 0 Å². The molecule has 0 saturated heterocycles. The van der Waals surface area contributed by atoms with Crippen LogP contribution in [0.1, 0.15) is 12.0 Å². The Hall–Kier alpha value is -1.84. The van der Waals surface area contributed by atoms with Gasteiger partial charge in [-0.25, -0.2) is 9.80 Å². The average Bonchev–Trinajstić information content (AvgIpc) is 2.68. The zero-order chi connectivity index (χ0) is 10.7. The van der Waals surface area contributed by atoms with Crippen LogP contribution >= 0.6 is 0 Å². The molecule has 1 aliphatic heterocycles. The van der Waals surface area contributed by atoms with Crippen LogP contribution < -0.4 is 5.73 Å². The summed E-state index contributed by atoms with van der Waals surface area (Å²) in [5.74, 6) is 0. The van der Waals surface area contributed by atoms with Crippen LogP contribution in [0.15, 0.2) is 35.4 Å². The first kappa shape index (κ1) is 9.71. The predicted octanol–water partition coefficient (Wildman–Crippen LogP) is 1.37. The van der Waals surface area contributed by atoms with Crippen LogP contribution in [0.25, 0.3) is 0 Å². The fourth-order valence-corrected chi connectivity index (χ4v) is 1.62. The molecule has 1 heterocycles. The van der Waals surface area contributed by atoms with E-state index in [2.05, 4.69) is 17.2 Å². The molecule has 0 aliphatic carbocycles. The summed E-state index contributed by atoms with van der Waals surface area (Å²) in [6.07, 6.45) is 1.61. The van der Waals surface area contributed by atoms with Crippen molar-refractivity contribution in [3.05, 3.63) is 35.9 Å². The van der Waals surface area contributed by atoms with Crippen molar-refractivity contribution in [3.8, 4) is 0 Å². The van der Waals surface area contributed by atoms with Gasteiger partial charge in [0.2, 0.25) is 0 Å². The minimum atomic E-state index is -0.474. The van der Waals surface area contributed by atoms with Gasteiger partial charge in [0.05, 0.1) is 6.54 Å². The number of rotatable bonds is 2. The molecule has 78 valence electrons. The lowest BCUT2D eigenvalue weighted by Gasteiger charge is -2.05. The summed E-state index contributed by atoms with van der Waals surface area (Å²) in [6.45, 7) is 0.609. The standard InChI is InChI=1S/C11H13N3O/c12-11(15)14-7-6-10(13-14)8-9-4-2-1-3-5-9/h1-5H,6-8H2,(H2,12,15). The van der Waals surface area contributed by atoms with E-state index in [0.29, 0.717) is 6.54 Å². The van der Waals surface area contributed by atoms with E-state index in [1.165, 1.54) is 10.6 Å². The number of hydrogen-bond acceptors (Lipinski definition) is 2. The van der Waals surface area contributed by atoms with Gasteiger partial charge >= 0.3 is 6.03 Å². The third kappa shape index (κ3) is 2.34. The van der Waals surface area contributed by atoms with Crippen LogP contribution in [0.2, 0.25) is 0 Å². The van der Waals surface area contributed by atoms with Crippen LogP contribution in [-0.4, -0.2) is 23.3 Å². The lowest BCUT2D eigenvalue weighted by atomic mass is 10.1. The Morgan fingerprint density at radius 1 is 1.40 bits per heavy atom. The number of amides is 2. The Morgan fingerprint density at radius 3 is 2.73 bits per heavy atom. The summed E-state index contributed by atoms with van der Waals surface area (Å²) in [4.78, 5) is 10.8. The summed E-state index contributed by atoms with van der Waals surface area (Å²) in [7, 11) is 0. The SMILES string of the molecule is NC(=O)N1CCC(Cc2ccccc2)=N1. The molecule has 2 rings (SSSR count). The first-order valence-electron chi connectivity index (χ1n) is 4.93. The molecule has 1 aromatic carbocycles. The second-order valence-electron chi connectivity index (χ2n) is 3.54. The molecule has 1 aromatic rings. The Morgan fingerprint density at radius 2 is 2.13 bits per heavy atom. The number of hydrazone groups is 1. The van der Waals surface area contributed by atoms with Gasteiger partial charge in [-0.05, 0) is 5.56 Å². The van der Waals surface area contributed by atoms with Gasteiger partial charge < -0.3 is 5.73 Å². The van der Waals surface area contributed by atoms with Crippen LogP contribution in [0.5, 0.6) is 0 Å². The third-order valence-corrected chi connectivity index (χ3v) is 2.38. The maximum absolute atomic E-state index is 10.8. The Bertz CT molecular complexity index is 386. The number of nitrogens with zero attached hydrogens (tertiary/aromatic N) is 2. The van der Waals surface area contributed by atoms with Gasteiger partial charge in [-0.3, -0.25) is 0 Å². The minimum absolute atomic E-state index is 0.474. The van der Waals surface area contributed by atoms with Crippen molar-refractivity contribution in [3.63, 3.8) is 0 Å². The molecular formula is C11H13N3O. The van der Waals surface area contributed by atoms with Gasteiger partial charge in [0.15, 0.2) is 0 Å². The largest absolute Gasteiger partial charge is 0.350 e. The lowest BCUT2D eigenvalue weighted by molar-refractivity contribution is 0.215. The third-order valence-electron chi connectivity index (χ3n) is 2.38. The summed E-state index contributed by atoms with van der Waals surface area (Å²) < 4.78 is 0. The van der Waals surface area contributed by atoms with Crippen molar-refractivity contribution in [1.82, 2.24) is 5.01 Å². The molecule has 15 heavy (non-hydrogen) atoms. The van der Waals surface area contributed by atoms with Gasteiger partial charge in [0.1, 0.15) is 0 Å². The van der Waals surface area contributed by atoms with E-state index in [4.69, 9.17) is 5.73 Å². The summed E-state index contributed by atoms with van der Waals surface area (Å²) in [5, 5.41) is 5.48. The molecular weight excluding hydrogens is 190 g/mol. The second kappa shape index (κ2) is 4.13. The summed E-state index contributed by atoms with van der Waals surface area (Å²) in [6, 6.07) is 9.60. The van der Waals surface area contributed by atoms with E-state index in [-0.39, 0.29) is 0 Å². The molecule has 0 bridgehead atoms. The maximum atomic E-state index is 10.8. The van der Waals surface area contributed by atoms with Crippen molar-refractivity contribution in [2.75, 3.05) is 6.54 Å². The van der Waals surface area contributed by atoms with Crippen LogP contribution in [0, 0.1) is 0 Å². The number of carbonyl (C=O) groups is 1. The Balaban J connectivity index is 2.03. The van der Waals surface area contributed by atoms with E-state index in [0.717, 1.165) is 18.6 Å². The smallest absolute Gasteiger partial charge is 0.335 e. The maximum Gasteiger partial charge on any atom is 0.335 e. The molecule has 0 aromatic heterocycles. The van der Waals surface area contributed by atoms with Crippen molar-refractivity contribution >= 4 is 11.7 Å². The highest BCUT2D eigenvalue weighted by molar-refractivity contribution is 5.90. The van der Waals surface area contributed by atoms with E-state index in [9.17, 15) is 4.79 Å². The van der Waals surface area contributed by atoms with E-state index in [1.54, 1.807) is 0 Å². The monoisotopic (exact) mass is 203 g/mol. The number of carbonyl (C=O) groups excluding carboxylic acids is 1. The van der Waals surface area contributed by atoms with Crippen molar-refractivity contribution < 1.29 is 4.79 Å². The molecule has 0 saturated carbocycles. The fourth-order valence-electron chi connectivity index (χ4n) is 1.62. The van der Waals surface area contributed by atoms with Gasteiger partial charge in [-0.1, -0.05) is 30.3 Å². The van der Waals surface area contributed by atoms with Crippen LogP contribution in [0.3, 0.4) is 0 Å². The van der Waals surface area contributed by atoms with Crippen molar-refractivity contribution in [2.24, 2.45) is 10.8 Å². The highest BCUT2D eigenvalue weighted by Gasteiger charge is 2.17. The molecule has 4 heteroatoms.